The summed E-state index contributed by atoms with van der Waals surface area (Å²) in [5, 5.41) is 6.04. The molecule has 0 aromatic heterocycles. The SMILES string of the molecule is COC1(C(=O)NCC(=O)N2CCC(Cc3ccccc3)CC2)CCNCC1.Cl. The predicted octanol–water partition coefficient (Wildman–Crippen LogP) is 1.77. The van der Waals surface area contributed by atoms with E-state index in [1.165, 1.54) is 5.56 Å². The number of halogens is 1. The molecule has 2 aliphatic rings. The number of benzene rings is 1. The molecule has 0 saturated carbocycles. The number of carbonyl (C=O) groups excluding carboxylic acids is 2. The van der Waals surface area contributed by atoms with Crippen molar-refractivity contribution in [2.45, 2.75) is 37.7 Å². The number of hydrogen-bond donors (Lipinski definition) is 2. The number of hydrogen-bond acceptors (Lipinski definition) is 4. The first-order valence-electron chi connectivity index (χ1n) is 9.99. The Bertz CT molecular complexity index is 627. The highest BCUT2D eigenvalue weighted by molar-refractivity contribution is 5.89. The predicted molar refractivity (Wildman–Crippen MR) is 112 cm³/mol. The van der Waals surface area contributed by atoms with Crippen LogP contribution in [0, 0.1) is 5.92 Å². The number of ether oxygens (including phenoxy) is 1. The summed E-state index contributed by atoms with van der Waals surface area (Å²) >= 11 is 0. The fraction of sp³-hybridized carbons (Fsp3) is 0.619. The molecule has 2 N–H and O–H groups in total. The van der Waals surface area contributed by atoms with Gasteiger partial charge in [-0.1, -0.05) is 30.3 Å². The van der Waals surface area contributed by atoms with E-state index in [4.69, 9.17) is 4.74 Å². The minimum atomic E-state index is -0.797. The van der Waals surface area contributed by atoms with Crippen molar-refractivity contribution < 1.29 is 14.3 Å². The zero-order valence-corrected chi connectivity index (χ0v) is 17.4. The van der Waals surface area contributed by atoms with Crippen molar-refractivity contribution in [2.75, 3.05) is 39.8 Å². The minimum Gasteiger partial charge on any atom is -0.368 e. The van der Waals surface area contributed by atoms with Crippen LogP contribution in [0.1, 0.15) is 31.2 Å². The summed E-state index contributed by atoms with van der Waals surface area (Å²) in [5.41, 5.74) is 0.565. The van der Waals surface area contributed by atoms with E-state index in [0.29, 0.717) is 18.8 Å². The number of rotatable bonds is 6. The average molecular weight is 410 g/mol. The number of amides is 2. The van der Waals surface area contributed by atoms with Crippen molar-refractivity contribution in [2.24, 2.45) is 5.92 Å². The second-order valence-electron chi connectivity index (χ2n) is 7.64. The van der Waals surface area contributed by atoms with E-state index in [9.17, 15) is 9.59 Å². The zero-order chi connectivity index (χ0) is 19.1. The second-order valence-corrected chi connectivity index (χ2v) is 7.64. The maximum absolute atomic E-state index is 12.6. The van der Waals surface area contributed by atoms with Crippen LogP contribution in [0.25, 0.3) is 0 Å². The maximum atomic E-state index is 12.6. The van der Waals surface area contributed by atoms with Gasteiger partial charge in [0.1, 0.15) is 5.60 Å². The molecule has 2 saturated heterocycles. The summed E-state index contributed by atoms with van der Waals surface area (Å²) in [6.45, 7) is 3.10. The van der Waals surface area contributed by atoms with E-state index in [-0.39, 0.29) is 30.8 Å². The summed E-state index contributed by atoms with van der Waals surface area (Å²) in [7, 11) is 1.57. The highest BCUT2D eigenvalue weighted by atomic mass is 35.5. The monoisotopic (exact) mass is 409 g/mol. The lowest BCUT2D eigenvalue weighted by atomic mass is 9.90. The van der Waals surface area contributed by atoms with Crippen molar-refractivity contribution in [1.29, 1.82) is 0 Å². The average Bonchev–Trinajstić information content (AvgIpc) is 2.73. The van der Waals surface area contributed by atoms with Crippen LogP contribution < -0.4 is 10.6 Å². The van der Waals surface area contributed by atoms with Gasteiger partial charge < -0.3 is 20.3 Å². The van der Waals surface area contributed by atoms with E-state index in [0.717, 1.165) is 45.4 Å². The molecule has 28 heavy (non-hydrogen) atoms. The van der Waals surface area contributed by atoms with E-state index in [1.54, 1.807) is 7.11 Å². The Hall–Kier alpha value is -1.63. The van der Waals surface area contributed by atoms with Crippen molar-refractivity contribution in [3.05, 3.63) is 35.9 Å². The normalized spacial score (nSPS) is 19.5. The lowest BCUT2D eigenvalue weighted by molar-refractivity contribution is -0.148. The first-order valence-corrected chi connectivity index (χ1v) is 9.99. The summed E-state index contributed by atoms with van der Waals surface area (Å²) in [4.78, 5) is 26.9. The lowest BCUT2D eigenvalue weighted by Crippen LogP contribution is -2.55. The summed E-state index contributed by atoms with van der Waals surface area (Å²) in [6.07, 6.45) is 4.37. The molecule has 0 aliphatic carbocycles. The molecule has 0 atom stereocenters. The van der Waals surface area contributed by atoms with E-state index < -0.39 is 5.60 Å². The number of nitrogens with zero attached hydrogens (tertiary/aromatic N) is 1. The summed E-state index contributed by atoms with van der Waals surface area (Å²) < 4.78 is 5.51. The fourth-order valence-corrected chi connectivity index (χ4v) is 4.12. The minimum absolute atomic E-state index is 0. The zero-order valence-electron chi connectivity index (χ0n) is 16.6. The summed E-state index contributed by atoms with van der Waals surface area (Å²) in [6, 6.07) is 10.5. The number of likely N-dealkylation sites (tertiary alicyclic amines) is 1. The Balaban J connectivity index is 0.00000280. The van der Waals surface area contributed by atoms with Crippen molar-refractivity contribution in [1.82, 2.24) is 15.5 Å². The van der Waals surface area contributed by atoms with E-state index in [1.807, 2.05) is 11.0 Å². The number of carbonyl (C=O) groups is 2. The van der Waals surface area contributed by atoms with Gasteiger partial charge in [0.2, 0.25) is 5.91 Å². The molecule has 2 fully saturated rings. The third-order valence-electron chi connectivity index (χ3n) is 5.95. The molecule has 156 valence electrons. The van der Waals surface area contributed by atoms with Crippen LogP contribution in [0.15, 0.2) is 30.3 Å². The number of nitrogens with one attached hydrogen (secondary N) is 2. The Labute approximate surface area is 173 Å². The van der Waals surface area contributed by atoms with Crippen LogP contribution >= 0.6 is 12.4 Å². The molecule has 2 amide bonds. The number of piperidine rings is 2. The van der Waals surface area contributed by atoms with Crippen LogP contribution in [0.5, 0.6) is 0 Å². The van der Waals surface area contributed by atoms with Gasteiger partial charge in [0.25, 0.3) is 5.91 Å². The van der Waals surface area contributed by atoms with Gasteiger partial charge in [-0.3, -0.25) is 9.59 Å². The molecule has 0 bridgehead atoms. The molecule has 3 rings (SSSR count). The first kappa shape index (κ1) is 22.7. The van der Waals surface area contributed by atoms with Crippen LogP contribution in [0.3, 0.4) is 0 Å². The number of methoxy groups -OCH3 is 1. The van der Waals surface area contributed by atoms with Gasteiger partial charge in [-0.25, -0.2) is 0 Å². The molecule has 0 unspecified atom stereocenters. The highest BCUT2D eigenvalue weighted by Crippen LogP contribution is 2.23. The Morgan fingerprint density at radius 1 is 1.18 bits per heavy atom. The van der Waals surface area contributed by atoms with Gasteiger partial charge in [-0.15, -0.1) is 12.4 Å². The third kappa shape index (κ3) is 5.69. The first-order chi connectivity index (χ1) is 13.1. The smallest absolute Gasteiger partial charge is 0.252 e. The van der Waals surface area contributed by atoms with Gasteiger partial charge in [0.05, 0.1) is 6.54 Å². The molecule has 2 heterocycles. The Kier molecular flexibility index (Phi) is 8.73. The molecule has 1 aromatic carbocycles. The van der Waals surface area contributed by atoms with Gasteiger partial charge in [0.15, 0.2) is 0 Å². The molecule has 0 radical (unpaired) electrons. The standard InChI is InChI=1S/C21H31N3O3.ClH/c1-27-21(9-11-22-12-10-21)20(26)23-16-19(25)24-13-7-18(8-14-24)15-17-5-3-2-4-6-17;/h2-6,18,22H,7-16H2,1H3,(H,23,26);1H. The lowest BCUT2D eigenvalue weighted by Gasteiger charge is -2.35. The molecular weight excluding hydrogens is 378 g/mol. The Morgan fingerprint density at radius 3 is 2.43 bits per heavy atom. The van der Waals surface area contributed by atoms with Crippen LogP contribution in [0.4, 0.5) is 0 Å². The quantitative estimate of drug-likeness (QED) is 0.751. The van der Waals surface area contributed by atoms with E-state index in [2.05, 4.69) is 34.9 Å². The molecule has 7 heteroatoms. The second kappa shape index (κ2) is 10.8. The van der Waals surface area contributed by atoms with Gasteiger partial charge in [-0.05, 0) is 56.7 Å². The van der Waals surface area contributed by atoms with Gasteiger partial charge >= 0.3 is 0 Å². The molecule has 0 spiro atoms. The van der Waals surface area contributed by atoms with Crippen LogP contribution in [0.2, 0.25) is 0 Å². The van der Waals surface area contributed by atoms with Gasteiger partial charge in [0, 0.05) is 20.2 Å². The largest absolute Gasteiger partial charge is 0.368 e. The van der Waals surface area contributed by atoms with Crippen molar-refractivity contribution in [3.63, 3.8) is 0 Å². The Morgan fingerprint density at radius 2 is 1.82 bits per heavy atom. The molecule has 1 aromatic rings. The third-order valence-corrected chi connectivity index (χ3v) is 5.95. The van der Waals surface area contributed by atoms with Crippen molar-refractivity contribution >= 4 is 24.2 Å². The van der Waals surface area contributed by atoms with Crippen LogP contribution in [-0.2, 0) is 20.7 Å². The molecule has 2 aliphatic heterocycles. The fourth-order valence-electron chi connectivity index (χ4n) is 4.12. The maximum Gasteiger partial charge on any atom is 0.252 e. The topological polar surface area (TPSA) is 70.7 Å². The van der Waals surface area contributed by atoms with E-state index >= 15 is 0 Å². The highest BCUT2D eigenvalue weighted by Gasteiger charge is 2.39. The summed E-state index contributed by atoms with van der Waals surface area (Å²) in [5.74, 6) is 0.457. The molecule has 6 nitrogen and oxygen atoms in total. The van der Waals surface area contributed by atoms with Gasteiger partial charge in [-0.2, -0.15) is 0 Å². The molecular formula is C21H32ClN3O3. The van der Waals surface area contributed by atoms with Crippen molar-refractivity contribution in [3.8, 4) is 0 Å². The van der Waals surface area contributed by atoms with Crippen LogP contribution in [-0.4, -0.2) is 62.1 Å².